The lowest BCUT2D eigenvalue weighted by Gasteiger charge is -2.47. The second kappa shape index (κ2) is 12.8. The Labute approximate surface area is 240 Å². The molecule has 0 unspecified atom stereocenters. The molecule has 4 heterocycles. The number of methoxy groups -OCH3 is 1. The Morgan fingerprint density at radius 1 is 1.00 bits per heavy atom. The van der Waals surface area contributed by atoms with Gasteiger partial charge >= 0.3 is 0 Å². The van der Waals surface area contributed by atoms with Crippen LogP contribution >= 0.6 is 0 Å². The van der Waals surface area contributed by atoms with Crippen LogP contribution in [0.2, 0.25) is 0 Å². The van der Waals surface area contributed by atoms with Gasteiger partial charge in [0.2, 0.25) is 5.95 Å². The van der Waals surface area contributed by atoms with Crippen molar-refractivity contribution in [2.24, 2.45) is 5.41 Å². The van der Waals surface area contributed by atoms with Crippen molar-refractivity contribution in [1.82, 2.24) is 24.3 Å². The average Bonchev–Trinajstić information content (AvgIpc) is 3.35. The Morgan fingerprint density at radius 3 is 2.45 bits per heavy atom. The third kappa shape index (κ3) is 6.55. The predicted octanol–water partition coefficient (Wildman–Crippen LogP) is 5.76. The number of piperidine rings is 2. The van der Waals surface area contributed by atoms with E-state index in [0.29, 0.717) is 23.9 Å². The molecular weight excluding hydrogens is 498 g/mol. The van der Waals surface area contributed by atoms with Gasteiger partial charge in [-0.2, -0.15) is 4.98 Å². The third-order valence-electron chi connectivity index (χ3n) is 9.30. The van der Waals surface area contributed by atoms with Crippen LogP contribution in [-0.2, 0) is 13.1 Å². The molecule has 2 saturated heterocycles. The van der Waals surface area contributed by atoms with Crippen molar-refractivity contribution in [3.8, 4) is 5.75 Å². The molecular formula is C32H49N7O. The molecule has 8 nitrogen and oxygen atoms in total. The smallest absolute Gasteiger partial charge is 0.222 e. The molecule has 2 aliphatic rings. The summed E-state index contributed by atoms with van der Waals surface area (Å²) in [5.41, 5.74) is 10.9. The van der Waals surface area contributed by atoms with E-state index in [9.17, 15) is 0 Å². The van der Waals surface area contributed by atoms with Gasteiger partial charge in [0.25, 0.3) is 0 Å². The van der Waals surface area contributed by atoms with E-state index in [2.05, 4.69) is 74.8 Å². The van der Waals surface area contributed by atoms with Crippen molar-refractivity contribution in [3.63, 3.8) is 0 Å². The number of ether oxygens (including phenoxy) is 1. The van der Waals surface area contributed by atoms with Crippen molar-refractivity contribution in [1.29, 1.82) is 0 Å². The first kappa shape index (κ1) is 28.7. The van der Waals surface area contributed by atoms with E-state index < -0.39 is 0 Å². The molecule has 1 spiro atoms. The number of hydrogen-bond donors (Lipinski definition) is 2. The normalized spacial score (nSPS) is 18.1. The number of hydrogen-bond acceptors (Lipinski definition) is 7. The summed E-state index contributed by atoms with van der Waals surface area (Å²) in [6.45, 7) is 14.3. The number of nitrogens with zero attached hydrogens (tertiary/aromatic N) is 5. The van der Waals surface area contributed by atoms with Gasteiger partial charge in [0.05, 0.1) is 19.2 Å². The summed E-state index contributed by atoms with van der Waals surface area (Å²) in [6, 6.07) is 9.41. The number of fused-ring (bicyclic) bond motifs is 1. The van der Waals surface area contributed by atoms with Crippen LogP contribution in [-0.4, -0.2) is 70.2 Å². The lowest BCUT2D eigenvalue weighted by Crippen LogP contribution is -2.48. The molecule has 3 aromatic rings. The maximum Gasteiger partial charge on any atom is 0.222 e. The predicted molar refractivity (Wildman–Crippen MR) is 165 cm³/mol. The van der Waals surface area contributed by atoms with Crippen molar-refractivity contribution < 1.29 is 4.74 Å². The van der Waals surface area contributed by atoms with Crippen molar-refractivity contribution in [2.45, 2.75) is 84.8 Å². The Kier molecular flexibility index (Phi) is 9.16. The second-order valence-corrected chi connectivity index (χ2v) is 12.3. The number of nitrogens with one attached hydrogen (secondary N) is 1. The number of nitrogen functional groups attached to an aromatic ring is 1. The van der Waals surface area contributed by atoms with Crippen LogP contribution in [0.15, 0.2) is 30.5 Å². The van der Waals surface area contributed by atoms with Gasteiger partial charge in [-0.25, -0.2) is 4.98 Å². The maximum absolute atomic E-state index is 6.02. The van der Waals surface area contributed by atoms with E-state index in [4.69, 9.17) is 10.5 Å². The fraction of sp³-hybridized carbons (Fsp3) is 0.625. The Bertz CT molecular complexity index is 1250. The second-order valence-electron chi connectivity index (χ2n) is 12.3. The lowest BCUT2D eigenvalue weighted by atomic mass is 9.71. The van der Waals surface area contributed by atoms with E-state index in [1.807, 2.05) is 6.07 Å². The monoisotopic (exact) mass is 547 g/mol. The summed E-state index contributed by atoms with van der Waals surface area (Å²) in [5.74, 6) is 2.04. The summed E-state index contributed by atoms with van der Waals surface area (Å²) >= 11 is 0. The Balaban J connectivity index is 1.23. The van der Waals surface area contributed by atoms with E-state index in [-0.39, 0.29) is 0 Å². The van der Waals surface area contributed by atoms with Gasteiger partial charge in [-0.3, -0.25) is 4.90 Å². The Morgan fingerprint density at radius 2 is 1.75 bits per heavy atom. The van der Waals surface area contributed by atoms with Crippen LogP contribution < -0.4 is 15.8 Å². The molecule has 5 rings (SSSR count). The summed E-state index contributed by atoms with van der Waals surface area (Å²) in [7, 11) is 1.77. The van der Waals surface area contributed by atoms with Crippen LogP contribution in [0.4, 0.5) is 11.8 Å². The largest absolute Gasteiger partial charge is 0.496 e. The van der Waals surface area contributed by atoms with Crippen LogP contribution in [0.3, 0.4) is 0 Å². The standard InChI is InChI=1S/C32H49N7O/c1-5-6-7-15-34-30-29-27(35-31(33)36-30)10-16-39(29)23-26-9-8-25(21-28(26)40-4)22-37-17-11-32(12-18-37)13-19-38(20-14-32)24(2)3/h8-10,16,21,24H,5-7,11-15,17-20,22-23H2,1-4H3,(H3,33,34,35,36). The van der Waals surface area contributed by atoms with Crippen molar-refractivity contribution in [3.05, 3.63) is 41.6 Å². The number of aromatic nitrogens is 3. The minimum Gasteiger partial charge on any atom is -0.496 e. The fourth-order valence-corrected chi connectivity index (χ4v) is 6.62. The highest BCUT2D eigenvalue weighted by atomic mass is 16.5. The molecule has 0 atom stereocenters. The highest BCUT2D eigenvalue weighted by molar-refractivity contribution is 5.87. The number of rotatable bonds is 11. The molecule has 2 fully saturated rings. The number of unbranched alkanes of at least 4 members (excludes halogenated alkanes) is 2. The molecule has 0 amide bonds. The zero-order valence-electron chi connectivity index (χ0n) is 25.1. The summed E-state index contributed by atoms with van der Waals surface area (Å²) in [4.78, 5) is 14.3. The molecule has 2 aromatic heterocycles. The number of anilines is 2. The van der Waals surface area contributed by atoms with E-state index >= 15 is 0 Å². The van der Waals surface area contributed by atoms with Crippen LogP contribution in [0.1, 0.15) is 76.8 Å². The number of nitrogens with two attached hydrogens (primary N) is 1. The molecule has 218 valence electrons. The first-order valence-corrected chi connectivity index (χ1v) is 15.4. The zero-order chi connectivity index (χ0) is 28.1. The molecule has 3 N–H and O–H groups in total. The summed E-state index contributed by atoms with van der Waals surface area (Å²) in [6.07, 6.45) is 10.9. The zero-order valence-corrected chi connectivity index (χ0v) is 25.1. The maximum atomic E-state index is 6.02. The first-order valence-electron chi connectivity index (χ1n) is 15.4. The van der Waals surface area contributed by atoms with E-state index in [1.54, 1.807) is 7.11 Å². The van der Waals surface area contributed by atoms with Crippen LogP contribution in [0.25, 0.3) is 11.0 Å². The van der Waals surface area contributed by atoms with Gasteiger partial charge in [0.1, 0.15) is 11.3 Å². The number of benzene rings is 1. The third-order valence-corrected chi connectivity index (χ3v) is 9.30. The highest BCUT2D eigenvalue weighted by Crippen LogP contribution is 2.42. The van der Waals surface area contributed by atoms with Crippen LogP contribution in [0.5, 0.6) is 5.75 Å². The van der Waals surface area contributed by atoms with Crippen molar-refractivity contribution >= 4 is 22.8 Å². The lowest BCUT2D eigenvalue weighted by molar-refractivity contribution is 0.0230. The molecule has 0 aliphatic carbocycles. The molecule has 1 aromatic carbocycles. The molecule has 0 saturated carbocycles. The Hall–Kier alpha value is -2.84. The highest BCUT2D eigenvalue weighted by Gasteiger charge is 2.37. The van der Waals surface area contributed by atoms with Gasteiger partial charge in [0, 0.05) is 30.9 Å². The molecule has 2 aliphatic heterocycles. The summed E-state index contributed by atoms with van der Waals surface area (Å²) in [5, 5.41) is 3.50. The molecule has 0 bridgehead atoms. The van der Waals surface area contributed by atoms with E-state index in [1.165, 1.54) is 70.3 Å². The van der Waals surface area contributed by atoms with Crippen molar-refractivity contribution in [2.75, 3.05) is 50.9 Å². The average molecular weight is 548 g/mol. The SMILES string of the molecule is CCCCCNc1nc(N)nc2ccn(Cc3ccc(CN4CCC5(CC4)CCN(C(C)C)CC5)cc3OC)c12. The first-order chi connectivity index (χ1) is 19.4. The molecule has 8 heteroatoms. The van der Waals surface area contributed by atoms with Gasteiger partial charge in [-0.1, -0.05) is 31.9 Å². The van der Waals surface area contributed by atoms with Crippen LogP contribution in [0, 0.1) is 5.41 Å². The summed E-state index contributed by atoms with van der Waals surface area (Å²) < 4.78 is 8.09. The van der Waals surface area contributed by atoms with Gasteiger partial charge in [0.15, 0.2) is 5.82 Å². The van der Waals surface area contributed by atoms with Gasteiger partial charge < -0.3 is 25.3 Å². The van der Waals surface area contributed by atoms with Gasteiger partial charge in [-0.05, 0) is 95.2 Å². The van der Waals surface area contributed by atoms with E-state index in [0.717, 1.165) is 47.7 Å². The minimum absolute atomic E-state index is 0.301. The molecule has 0 radical (unpaired) electrons. The van der Waals surface area contributed by atoms with Gasteiger partial charge in [-0.15, -0.1) is 0 Å². The number of likely N-dealkylation sites (tertiary alicyclic amines) is 2. The minimum atomic E-state index is 0.301. The topological polar surface area (TPSA) is 84.5 Å². The quantitative estimate of drug-likeness (QED) is 0.295. The fourth-order valence-electron chi connectivity index (χ4n) is 6.62. The molecule has 40 heavy (non-hydrogen) atoms.